The molecule has 1 aliphatic heterocycles. The zero-order chi connectivity index (χ0) is 13.6. The van der Waals surface area contributed by atoms with E-state index in [-0.39, 0.29) is 11.3 Å². The molecule has 0 aliphatic carbocycles. The molecule has 1 aliphatic rings. The fourth-order valence-corrected chi connectivity index (χ4v) is 2.73. The van der Waals surface area contributed by atoms with Gasteiger partial charge in [0.15, 0.2) is 0 Å². The molecule has 1 saturated heterocycles. The van der Waals surface area contributed by atoms with Crippen LogP contribution in [0.1, 0.15) is 12.5 Å². The predicted molar refractivity (Wildman–Crippen MR) is 79.4 cm³/mol. The summed E-state index contributed by atoms with van der Waals surface area (Å²) in [6.45, 7) is 4.38. The summed E-state index contributed by atoms with van der Waals surface area (Å²) < 4.78 is 5.16. The Hall–Kier alpha value is -1.00. The Balaban J connectivity index is 1.54. The Morgan fingerprint density at radius 1 is 1.37 bits per heavy atom. The second-order valence-corrected chi connectivity index (χ2v) is 6.47. The number of carbonyl (C=O) groups excluding carboxylic acids is 1. The molecule has 0 unspecified atom stereocenters. The molecule has 1 fully saturated rings. The lowest BCUT2D eigenvalue weighted by Gasteiger charge is -2.38. The monoisotopic (exact) mass is 279 g/mol. The molecule has 1 heterocycles. The number of ether oxygens (including phenoxy) is 1. The maximum atomic E-state index is 11.7. The van der Waals surface area contributed by atoms with Crippen molar-refractivity contribution in [2.75, 3.05) is 31.3 Å². The molecule has 4 heteroatoms. The molecule has 2 rings (SSSR count). The number of thioether (sulfide) groups is 1. The number of aryl methyl sites for hydroxylation is 1. The van der Waals surface area contributed by atoms with Gasteiger partial charge < -0.3 is 10.1 Å². The first kappa shape index (κ1) is 14.4. The quantitative estimate of drug-likeness (QED) is 0.777. The van der Waals surface area contributed by atoms with Crippen LogP contribution >= 0.6 is 11.8 Å². The summed E-state index contributed by atoms with van der Waals surface area (Å²) in [4.78, 5) is 11.7. The molecule has 1 aromatic carbocycles. The van der Waals surface area contributed by atoms with Crippen molar-refractivity contribution in [2.45, 2.75) is 13.3 Å². The van der Waals surface area contributed by atoms with E-state index in [1.807, 2.05) is 18.2 Å². The molecule has 0 saturated carbocycles. The lowest BCUT2D eigenvalue weighted by molar-refractivity contribution is -0.124. The topological polar surface area (TPSA) is 38.3 Å². The largest absolute Gasteiger partial charge is 0.380 e. The van der Waals surface area contributed by atoms with E-state index in [2.05, 4.69) is 24.4 Å². The maximum absolute atomic E-state index is 11.7. The SMILES string of the molecule is CC1(CNC(=O)CSCCc2ccccc2)COC1. The number of nitrogens with one attached hydrogen (secondary N) is 1. The Labute approximate surface area is 119 Å². The normalized spacial score (nSPS) is 16.7. The highest BCUT2D eigenvalue weighted by molar-refractivity contribution is 7.99. The van der Waals surface area contributed by atoms with Gasteiger partial charge in [0.1, 0.15) is 0 Å². The standard InChI is InChI=1S/C15H21NO2S/c1-15(11-18-12-15)10-16-14(17)9-19-8-7-13-5-3-2-4-6-13/h2-6H,7-12H2,1H3,(H,16,17). The Kier molecular flexibility index (Phi) is 5.28. The average Bonchev–Trinajstić information content (AvgIpc) is 2.40. The van der Waals surface area contributed by atoms with E-state index < -0.39 is 0 Å². The van der Waals surface area contributed by atoms with E-state index in [0.29, 0.717) is 5.75 Å². The highest BCUT2D eigenvalue weighted by atomic mass is 32.2. The van der Waals surface area contributed by atoms with Crippen molar-refractivity contribution in [2.24, 2.45) is 5.41 Å². The van der Waals surface area contributed by atoms with Crippen LogP contribution in [0.4, 0.5) is 0 Å². The molecule has 0 spiro atoms. The number of hydrogen-bond acceptors (Lipinski definition) is 3. The average molecular weight is 279 g/mol. The van der Waals surface area contributed by atoms with Gasteiger partial charge in [-0.25, -0.2) is 0 Å². The van der Waals surface area contributed by atoms with Crippen LogP contribution in [0.2, 0.25) is 0 Å². The summed E-state index contributed by atoms with van der Waals surface area (Å²) in [6, 6.07) is 10.4. The van der Waals surface area contributed by atoms with Crippen LogP contribution in [0.5, 0.6) is 0 Å². The Morgan fingerprint density at radius 3 is 2.74 bits per heavy atom. The molecule has 19 heavy (non-hydrogen) atoms. The fraction of sp³-hybridized carbons (Fsp3) is 0.533. The Bertz CT molecular complexity index is 404. The first-order valence-electron chi connectivity index (χ1n) is 6.64. The van der Waals surface area contributed by atoms with Crippen molar-refractivity contribution < 1.29 is 9.53 Å². The van der Waals surface area contributed by atoms with E-state index in [0.717, 1.165) is 31.9 Å². The van der Waals surface area contributed by atoms with Crippen molar-refractivity contribution in [1.29, 1.82) is 0 Å². The minimum atomic E-state index is 0.131. The third-order valence-corrected chi connectivity index (χ3v) is 4.18. The molecule has 0 radical (unpaired) electrons. The van der Waals surface area contributed by atoms with E-state index in [4.69, 9.17) is 4.74 Å². The van der Waals surface area contributed by atoms with Gasteiger partial charge in [0.2, 0.25) is 5.91 Å². The lowest BCUT2D eigenvalue weighted by Crippen LogP contribution is -2.48. The third-order valence-electron chi connectivity index (χ3n) is 3.22. The first-order valence-corrected chi connectivity index (χ1v) is 7.80. The number of carbonyl (C=O) groups is 1. The lowest BCUT2D eigenvalue weighted by atomic mass is 9.89. The van der Waals surface area contributed by atoms with Crippen molar-refractivity contribution in [3.8, 4) is 0 Å². The van der Waals surface area contributed by atoms with E-state index in [1.54, 1.807) is 11.8 Å². The van der Waals surface area contributed by atoms with Crippen LogP contribution in [-0.4, -0.2) is 37.2 Å². The highest BCUT2D eigenvalue weighted by Crippen LogP contribution is 2.25. The van der Waals surface area contributed by atoms with Crippen molar-refractivity contribution in [3.63, 3.8) is 0 Å². The third kappa shape index (κ3) is 4.88. The summed E-state index contributed by atoms with van der Waals surface area (Å²) in [5.74, 6) is 1.66. The fourth-order valence-electron chi connectivity index (χ4n) is 1.92. The van der Waals surface area contributed by atoms with Crippen LogP contribution in [0.25, 0.3) is 0 Å². The summed E-state index contributed by atoms with van der Waals surface area (Å²) in [5, 5.41) is 2.98. The van der Waals surface area contributed by atoms with Crippen molar-refractivity contribution in [1.82, 2.24) is 5.32 Å². The molecule has 1 N–H and O–H groups in total. The van der Waals surface area contributed by atoms with E-state index >= 15 is 0 Å². The van der Waals surface area contributed by atoms with Gasteiger partial charge in [-0.05, 0) is 17.7 Å². The van der Waals surface area contributed by atoms with Crippen LogP contribution in [0, 0.1) is 5.41 Å². The van der Waals surface area contributed by atoms with Gasteiger partial charge in [0.05, 0.1) is 19.0 Å². The summed E-state index contributed by atoms with van der Waals surface area (Å²) in [7, 11) is 0. The van der Waals surface area contributed by atoms with E-state index in [9.17, 15) is 4.79 Å². The molecule has 0 aromatic heterocycles. The smallest absolute Gasteiger partial charge is 0.230 e. The number of rotatable bonds is 7. The van der Waals surface area contributed by atoms with Gasteiger partial charge in [-0.3, -0.25) is 4.79 Å². The first-order chi connectivity index (χ1) is 9.18. The minimum Gasteiger partial charge on any atom is -0.380 e. The second-order valence-electron chi connectivity index (χ2n) is 5.37. The van der Waals surface area contributed by atoms with Gasteiger partial charge >= 0.3 is 0 Å². The summed E-state index contributed by atoms with van der Waals surface area (Å²) in [6.07, 6.45) is 1.02. The molecule has 3 nitrogen and oxygen atoms in total. The molecule has 1 amide bonds. The predicted octanol–water partition coefficient (Wildman–Crippen LogP) is 2.12. The molecule has 1 aromatic rings. The van der Waals surface area contributed by atoms with Gasteiger partial charge in [-0.2, -0.15) is 11.8 Å². The van der Waals surface area contributed by atoms with Gasteiger partial charge in [-0.15, -0.1) is 0 Å². The summed E-state index contributed by atoms with van der Waals surface area (Å²) >= 11 is 1.69. The number of amides is 1. The van der Waals surface area contributed by atoms with Gasteiger partial charge in [-0.1, -0.05) is 37.3 Å². The van der Waals surface area contributed by atoms with Crippen LogP contribution in [-0.2, 0) is 16.0 Å². The van der Waals surface area contributed by atoms with Crippen molar-refractivity contribution in [3.05, 3.63) is 35.9 Å². The second kappa shape index (κ2) is 6.96. The molecule has 0 atom stereocenters. The van der Waals surface area contributed by atoms with Crippen LogP contribution in [0.3, 0.4) is 0 Å². The highest BCUT2D eigenvalue weighted by Gasteiger charge is 2.33. The number of benzene rings is 1. The molecular weight excluding hydrogens is 258 g/mol. The minimum absolute atomic E-state index is 0.131. The molecule has 104 valence electrons. The van der Waals surface area contributed by atoms with Crippen molar-refractivity contribution >= 4 is 17.7 Å². The zero-order valence-electron chi connectivity index (χ0n) is 11.4. The van der Waals surface area contributed by atoms with Gasteiger partial charge in [0, 0.05) is 12.0 Å². The van der Waals surface area contributed by atoms with Crippen LogP contribution < -0.4 is 5.32 Å². The number of hydrogen-bond donors (Lipinski definition) is 1. The summed E-state index contributed by atoms with van der Waals surface area (Å²) in [5.41, 5.74) is 1.49. The Morgan fingerprint density at radius 2 is 2.11 bits per heavy atom. The molecule has 0 bridgehead atoms. The zero-order valence-corrected chi connectivity index (χ0v) is 12.2. The molecular formula is C15H21NO2S. The van der Waals surface area contributed by atoms with E-state index in [1.165, 1.54) is 5.56 Å². The van der Waals surface area contributed by atoms with Crippen LogP contribution in [0.15, 0.2) is 30.3 Å². The van der Waals surface area contributed by atoms with Gasteiger partial charge in [0.25, 0.3) is 0 Å². The maximum Gasteiger partial charge on any atom is 0.230 e.